The van der Waals surface area contributed by atoms with Gasteiger partial charge in [0, 0.05) is 16.9 Å². The van der Waals surface area contributed by atoms with E-state index in [1.807, 2.05) is 59.5 Å². The van der Waals surface area contributed by atoms with Gasteiger partial charge in [-0.15, -0.1) is 0 Å². The van der Waals surface area contributed by atoms with Crippen LogP contribution in [0.3, 0.4) is 0 Å². The van der Waals surface area contributed by atoms with Crippen LogP contribution >= 0.6 is 0 Å². The molecule has 1 heteroatoms. The quantitative estimate of drug-likeness (QED) is 0.149. The number of benzene rings is 10. The molecule has 11 rings (SSSR count). The zero-order valence-corrected chi connectivity index (χ0v) is 32.8. The Morgan fingerprint density at radius 1 is 0.350 bits per heavy atom. The van der Waals surface area contributed by atoms with Gasteiger partial charge >= 0.3 is 0 Å². The minimum atomic E-state index is -0.680. The van der Waals surface area contributed by atoms with E-state index >= 15 is 0 Å². The Morgan fingerprint density at radius 3 is 1.63 bits per heavy atom. The van der Waals surface area contributed by atoms with E-state index in [2.05, 4.69) is 170 Å². The van der Waals surface area contributed by atoms with Crippen molar-refractivity contribution in [1.82, 2.24) is 0 Å². The number of rotatable bonds is 8. The highest BCUT2D eigenvalue weighted by Crippen LogP contribution is 2.59. The summed E-state index contributed by atoms with van der Waals surface area (Å²) < 4.78 is 38.4. The zero-order valence-electron chi connectivity index (χ0n) is 36.8. The number of fused-ring (bicyclic) bond motifs is 4. The summed E-state index contributed by atoms with van der Waals surface area (Å²) in [6.45, 7) is 0. The van der Waals surface area contributed by atoms with Crippen LogP contribution in [-0.2, 0) is 5.41 Å². The number of hydrogen-bond acceptors (Lipinski definition) is 1. The van der Waals surface area contributed by atoms with Crippen molar-refractivity contribution < 1.29 is 5.48 Å². The summed E-state index contributed by atoms with van der Waals surface area (Å²) in [6, 6.07) is 76.7. The van der Waals surface area contributed by atoms with Crippen LogP contribution in [-0.4, -0.2) is 0 Å². The van der Waals surface area contributed by atoms with Gasteiger partial charge in [0.25, 0.3) is 0 Å². The molecular formula is C59H41N. The largest absolute Gasteiger partial charge is 0.310 e. The molecule has 10 aromatic carbocycles. The number of hydrogen-bond donors (Lipinski definition) is 0. The molecule has 0 aliphatic heterocycles. The van der Waals surface area contributed by atoms with E-state index < -0.39 is 5.41 Å². The summed E-state index contributed by atoms with van der Waals surface area (Å²) in [5.74, 6) is 0. The standard InChI is InChI=1S/C59H41N/c1-4-17-42(18-5-1)43-33-37-50(38-34-43)60(51-39-35-44(36-40-51)46-21-14-22-47(41-46)53-29-15-20-45-19-10-11-27-52(45)53)57-32-16-31-56-58(57)54-28-12-13-30-55(54)59(56,48-23-6-2-7-24-48)49-25-8-3-9-26-49/h1-41H/i33D,34D,37D,38D. The van der Waals surface area contributed by atoms with Gasteiger partial charge < -0.3 is 4.90 Å². The van der Waals surface area contributed by atoms with Crippen molar-refractivity contribution in [3.05, 3.63) is 271 Å². The van der Waals surface area contributed by atoms with Crippen LogP contribution in [0.15, 0.2) is 249 Å². The van der Waals surface area contributed by atoms with Crippen molar-refractivity contribution in [2.24, 2.45) is 0 Å². The monoisotopic (exact) mass is 767 g/mol. The van der Waals surface area contributed by atoms with Gasteiger partial charge in [-0.25, -0.2) is 0 Å². The van der Waals surface area contributed by atoms with Gasteiger partial charge in [-0.3, -0.25) is 0 Å². The van der Waals surface area contributed by atoms with Crippen LogP contribution in [0.2, 0.25) is 0 Å². The highest BCUT2D eigenvalue weighted by atomic mass is 15.1. The van der Waals surface area contributed by atoms with Crippen LogP contribution in [0.25, 0.3) is 55.3 Å². The molecule has 0 amide bonds. The fourth-order valence-corrected chi connectivity index (χ4v) is 9.36. The normalized spacial score (nSPS) is 13.4. The molecule has 0 aromatic heterocycles. The van der Waals surface area contributed by atoms with Crippen molar-refractivity contribution in [3.8, 4) is 44.5 Å². The van der Waals surface area contributed by atoms with Gasteiger partial charge in [0.05, 0.1) is 16.6 Å². The Balaban J connectivity index is 1.14. The molecule has 0 atom stereocenters. The van der Waals surface area contributed by atoms with E-state index in [1.165, 1.54) is 16.3 Å². The topological polar surface area (TPSA) is 3.24 Å². The SMILES string of the molecule is [2H]c1c([2H])c(N(c2ccc(-c3cccc(-c4cccc5ccccc45)c3)cc2)c2cccc3c2-c2ccccc2C3(c2ccccc2)c2ccccc2)c([2H])c([2H])c1-c1ccccc1. The van der Waals surface area contributed by atoms with E-state index in [4.69, 9.17) is 0 Å². The Hall–Kier alpha value is -7.74. The first-order chi connectivity index (χ1) is 31.4. The smallest absolute Gasteiger partial charge is 0.0714 e. The fourth-order valence-electron chi connectivity index (χ4n) is 9.36. The summed E-state index contributed by atoms with van der Waals surface area (Å²) in [7, 11) is 0. The van der Waals surface area contributed by atoms with E-state index in [0.717, 1.165) is 55.8 Å². The highest BCUT2D eigenvalue weighted by molar-refractivity contribution is 5.99. The second-order valence-electron chi connectivity index (χ2n) is 15.3. The molecular weight excluding hydrogens is 723 g/mol. The number of nitrogens with zero attached hydrogens (tertiary/aromatic N) is 1. The maximum Gasteiger partial charge on any atom is 0.0714 e. The van der Waals surface area contributed by atoms with E-state index in [1.54, 1.807) is 0 Å². The molecule has 282 valence electrons. The van der Waals surface area contributed by atoms with Crippen molar-refractivity contribution in [2.45, 2.75) is 5.41 Å². The van der Waals surface area contributed by atoms with Crippen molar-refractivity contribution >= 4 is 27.8 Å². The lowest BCUT2D eigenvalue weighted by Gasteiger charge is -2.34. The molecule has 0 radical (unpaired) electrons. The van der Waals surface area contributed by atoms with Gasteiger partial charge in [-0.1, -0.05) is 212 Å². The predicted molar refractivity (Wildman–Crippen MR) is 252 cm³/mol. The molecule has 1 aliphatic rings. The maximum atomic E-state index is 9.75. The molecule has 0 fully saturated rings. The molecule has 0 heterocycles. The van der Waals surface area contributed by atoms with Crippen LogP contribution in [0, 0.1) is 0 Å². The minimum Gasteiger partial charge on any atom is -0.310 e. The molecule has 0 saturated heterocycles. The first kappa shape index (κ1) is 31.3. The predicted octanol–water partition coefficient (Wildman–Crippen LogP) is 15.7. The van der Waals surface area contributed by atoms with Crippen molar-refractivity contribution in [1.29, 1.82) is 0 Å². The minimum absolute atomic E-state index is 0.0926. The van der Waals surface area contributed by atoms with Crippen LogP contribution < -0.4 is 4.90 Å². The van der Waals surface area contributed by atoms with E-state index in [0.29, 0.717) is 11.3 Å². The molecule has 0 spiro atoms. The zero-order chi connectivity index (χ0) is 43.4. The molecule has 0 bridgehead atoms. The summed E-state index contributed by atoms with van der Waals surface area (Å²) in [4.78, 5) is 1.95. The highest BCUT2D eigenvalue weighted by Gasteiger charge is 2.47. The molecule has 0 saturated carbocycles. The Bertz CT molecular complexity index is 3290. The average Bonchev–Trinajstić information content (AvgIpc) is 3.67. The lowest BCUT2D eigenvalue weighted by atomic mass is 9.68. The number of anilines is 3. The lowest BCUT2D eigenvalue weighted by Crippen LogP contribution is -2.28. The third kappa shape index (κ3) is 5.86. The molecule has 0 unspecified atom stereocenters. The third-order valence-electron chi connectivity index (χ3n) is 12.0. The van der Waals surface area contributed by atoms with Gasteiger partial charge in [-0.2, -0.15) is 0 Å². The average molecular weight is 768 g/mol. The Labute approximate surface area is 357 Å². The van der Waals surface area contributed by atoms with Crippen LogP contribution in [0.4, 0.5) is 17.1 Å². The molecule has 1 aliphatic carbocycles. The summed E-state index contributed by atoms with van der Waals surface area (Å²) >= 11 is 0. The molecule has 60 heavy (non-hydrogen) atoms. The summed E-state index contributed by atoms with van der Waals surface area (Å²) in [5, 5.41) is 2.40. The Kier molecular flexibility index (Phi) is 7.76. The molecule has 0 N–H and O–H groups in total. The van der Waals surface area contributed by atoms with Crippen molar-refractivity contribution in [2.75, 3.05) is 4.90 Å². The second-order valence-corrected chi connectivity index (χ2v) is 15.3. The molecule has 10 aromatic rings. The second kappa shape index (κ2) is 14.9. The van der Waals surface area contributed by atoms with Gasteiger partial charge in [-0.05, 0) is 108 Å². The maximum absolute atomic E-state index is 9.75. The third-order valence-corrected chi connectivity index (χ3v) is 12.0. The van der Waals surface area contributed by atoms with Crippen molar-refractivity contribution in [3.63, 3.8) is 0 Å². The lowest BCUT2D eigenvalue weighted by molar-refractivity contribution is 0.768. The van der Waals surface area contributed by atoms with Gasteiger partial charge in [0.15, 0.2) is 0 Å². The van der Waals surface area contributed by atoms with E-state index in [-0.39, 0.29) is 35.4 Å². The Morgan fingerprint density at radius 2 is 0.883 bits per heavy atom. The molecule has 1 nitrogen and oxygen atoms in total. The summed E-state index contributed by atoms with van der Waals surface area (Å²) in [5.41, 5.74) is 12.7. The first-order valence-electron chi connectivity index (χ1n) is 22.4. The fraction of sp³-hybridized carbons (Fsp3) is 0.0169. The summed E-state index contributed by atoms with van der Waals surface area (Å²) in [6.07, 6.45) is 0. The van der Waals surface area contributed by atoms with Gasteiger partial charge in [0.2, 0.25) is 0 Å². The van der Waals surface area contributed by atoms with E-state index in [9.17, 15) is 5.48 Å². The van der Waals surface area contributed by atoms with Gasteiger partial charge in [0.1, 0.15) is 0 Å². The van der Waals surface area contributed by atoms with Crippen LogP contribution in [0.1, 0.15) is 27.7 Å². The van der Waals surface area contributed by atoms with Crippen LogP contribution in [0.5, 0.6) is 0 Å². The first-order valence-corrected chi connectivity index (χ1v) is 20.4.